The molecule has 0 N–H and O–H groups in total. The van der Waals surface area contributed by atoms with Gasteiger partial charge in [0.05, 0.1) is 0 Å². The van der Waals surface area contributed by atoms with Crippen LogP contribution in [0.3, 0.4) is 0 Å². The first kappa shape index (κ1) is 9.54. The molecule has 0 saturated carbocycles. The number of rotatable bonds is 1. The number of benzene rings is 1. The van der Waals surface area contributed by atoms with Crippen molar-refractivity contribution in [3.63, 3.8) is 0 Å². The lowest BCUT2D eigenvalue weighted by atomic mass is 10.2. The normalized spacial score (nSPS) is 11.5. The van der Waals surface area contributed by atoms with E-state index in [0.717, 1.165) is 5.30 Å². The Balaban J connectivity index is 3.09. The van der Waals surface area contributed by atoms with Gasteiger partial charge in [0.2, 0.25) is 0 Å². The molecule has 0 fully saturated rings. The Morgan fingerprint density at radius 2 is 1.64 bits per heavy atom. The van der Waals surface area contributed by atoms with Gasteiger partial charge in [-0.15, -0.1) is 0 Å². The molecule has 1 rings (SSSR count). The van der Waals surface area contributed by atoms with Crippen LogP contribution in [-0.4, -0.2) is 0 Å². The lowest BCUT2D eigenvalue weighted by molar-refractivity contribution is 1.49. The zero-order valence-electron chi connectivity index (χ0n) is 5.92. The molecule has 4 heteroatoms. The molecule has 0 spiro atoms. The van der Waals surface area contributed by atoms with Crippen LogP contribution < -0.4 is 5.30 Å². The fraction of sp³-hybridized carbons (Fsp3) is 0.143. The van der Waals surface area contributed by atoms with Crippen molar-refractivity contribution in [3.05, 3.63) is 29.8 Å². The predicted molar refractivity (Wildman–Crippen MR) is 56.8 cm³/mol. The Kier molecular flexibility index (Phi) is 2.99. The van der Waals surface area contributed by atoms with Gasteiger partial charge in [-0.1, -0.05) is 64.1 Å². The summed E-state index contributed by atoms with van der Waals surface area (Å²) in [4.78, 5) is 0. The summed E-state index contributed by atoms with van der Waals surface area (Å²) in [5.41, 5.74) is 1.19. The summed E-state index contributed by atoms with van der Waals surface area (Å²) in [6.07, 6.45) is 0. The third kappa shape index (κ3) is 2.76. The lowest BCUT2D eigenvalue weighted by Gasteiger charge is -2.04. The minimum Gasteiger partial charge on any atom is -0.0633 e. The van der Waals surface area contributed by atoms with Crippen molar-refractivity contribution in [1.29, 1.82) is 0 Å². The van der Waals surface area contributed by atoms with Crippen LogP contribution in [-0.2, 0) is 11.8 Å². The molecule has 1 aromatic carbocycles. The van der Waals surface area contributed by atoms with Gasteiger partial charge in [-0.05, 0) is 6.92 Å². The topological polar surface area (TPSA) is 0 Å². The van der Waals surface area contributed by atoms with Crippen molar-refractivity contribution in [3.8, 4) is 0 Å². The largest absolute Gasteiger partial charge is 0.147 e. The maximum absolute atomic E-state index is 5.80. The minimum absolute atomic E-state index is 0.862. The SMILES string of the molecule is Cc1ccc(P(=S)(Cl)Cl)cc1. The van der Waals surface area contributed by atoms with E-state index in [4.69, 9.17) is 34.3 Å². The molecule has 1 aromatic rings. The zero-order valence-corrected chi connectivity index (χ0v) is 9.14. The molecular weight excluding hydrogens is 218 g/mol. The van der Waals surface area contributed by atoms with E-state index in [1.54, 1.807) is 0 Å². The highest BCUT2D eigenvalue weighted by Gasteiger charge is 2.10. The van der Waals surface area contributed by atoms with Crippen LogP contribution >= 0.6 is 27.2 Å². The van der Waals surface area contributed by atoms with Crippen LogP contribution in [0.5, 0.6) is 0 Å². The molecule has 0 aliphatic heterocycles. The Morgan fingerprint density at radius 1 is 1.18 bits per heavy atom. The van der Waals surface area contributed by atoms with Crippen molar-refractivity contribution in [1.82, 2.24) is 0 Å². The highest BCUT2D eigenvalue weighted by Crippen LogP contribution is 2.55. The van der Waals surface area contributed by atoms with Crippen molar-refractivity contribution in [2.24, 2.45) is 0 Å². The van der Waals surface area contributed by atoms with E-state index in [0.29, 0.717) is 0 Å². The quantitative estimate of drug-likeness (QED) is 0.660. The molecule has 0 nitrogen and oxygen atoms in total. The van der Waals surface area contributed by atoms with Gasteiger partial charge >= 0.3 is 0 Å². The van der Waals surface area contributed by atoms with Crippen LogP contribution in [0.25, 0.3) is 0 Å². The van der Waals surface area contributed by atoms with E-state index in [-0.39, 0.29) is 0 Å². The average Bonchev–Trinajstić information content (AvgIpc) is 1.86. The van der Waals surface area contributed by atoms with Gasteiger partial charge in [0, 0.05) is 5.30 Å². The van der Waals surface area contributed by atoms with Crippen molar-refractivity contribution < 1.29 is 0 Å². The average molecular weight is 225 g/mol. The first-order valence-electron chi connectivity index (χ1n) is 3.07. The second kappa shape index (κ2) is 3.45. The summed E-state index contributed by atoms with van der Waals surface area (Å²) in [7, 11) is 0. The molecular formula is C7H7Cl2PS. The molecule has 0 unspecified atom stereocenters. The Morgan fingerprint density at radius 3 is 2.00 bits per heavy atom. The Hall–Kier alpha value is 0.450. The van der Waals surface area contributed by atoms with Crippen LogP contribution in [0.1, 0.15) is 5.56 Å². The first-order chi connectivity index (χ1) is 5.00. The summed E-state index contributed by atoms with van der Waals surface area (Å²) >= 11 is 16.5. The Labute approximate surface area is 81.1 Å². The molecule has 60 valence electrons. The molecule has 0 atom stereocenters. The summed E-state index contributed by atoms with van der Waals surface area (Å²) in [5.74, 6) is 0. The molecule has 0 amide bonds. The highest BCUT2D eigenvalue weighted by atomic mass is 35.9. The van der Waals surface area contributed by atoms with Gasteiger partial charge in [0.1, 0.15) is 4.74 Å². The first-order valence-corrected chi connectivity index (χ1v) is 7.68. The maximum atomic E-state index is 5.80. The second-order valence-electron chi connectivity index (χ2n) is 2.30. The number of hydrogen-bond acceptors (Lipinski definition) is 1. The molecule has 0 saturated heterocycles. The van der Waals surface area contributed by atoms with E-state index in [1.165, 1.54) is 5.56 Å². The van der Waals surface area contributed by atoms with E-state index in [1.807, 2.05) is 31.2 Å². The zero-order chi connectivity index (χ0) is 8.48. The summed E-state index contributed by atoms with van der Waals surface area (Å²) in [6, 6.07) is 7.69. The number of hydrogen-bond donors (Lipinski definition) is 0. The summed E-state index contributed by atoms with van der Waals surface area (Å²) in [6.45, 7) is 2.01. The standard InChI is InChI=1S/C7H7Cl2PS/c1-6-2-4-7(5-3-6)10(8,9)11/h2-5H,1H3. The molecule has 0 bridgehead atoms. The van der Waals surface area contributed by atoms with E-state index < -0.39 is 4.74 Å². The van der Waals surface area contributed by atoms with Crippen molar-refractivity contribution in [2.45, 2.75) is 6.92 Å². The molecule has 11 heavy (non-hydrogen) atoms. The minimum atomic E-state index is -2.26. The third-order valence-electron chi connectivity index (χ3n) is 1.33. The van der Waals surface area contributed by atoms with Crippen molar-refractivity contribution >= 4 is 44.3 Å². The lowest BCUT2D eigenvalue weighted by Crippen LogP contribution is -1.95. The monoisotopic (exact) mass is 224 g/mol. The van der Waals surface area contributed by atoms with Gasteiger partial charge in [-0.2, -0.15) is 0 Å². The fourth-order valence-electron chi connectivity index (χ4n) is 0.718. The molecule has 0 aliphatic carbocycles. The van der Waals surface area contributed by atoms with Gasteiger partial charge in [-0.3, -0.25) is 0 Å². The molecule has 0 aliphatic rings. The van der Waals surface area contributed by atoms with Crippen LogP contribution in [0, 0.1) is 6.92 Å². The van der Waals surface area contributed by atoms with Gasteiger partial charge in [0.15, 0.2) is 0 Å². The van der Waals surface area contributed by atoms with Gasteiger partial charge in [-0.25, -0.2) is 0 Å². The third-order valence-corrected chi connectivity index (χ3v) is 4.04. The smallest absolute Gasteiger partial charge is 0.0633 e. The van der Waals surface area contributed by atoms with E-state index >= 15 is 0 Å². The maximum Gasteiger partial charge on any atom is 0.147 e. The summed E-state index contributed by atoms with van der Waals surface area (Å²) in [5, 5.41) is 0.862. The van der Waals surface area contributed by atoms with Gasteiger partial charge < -0.3 is 0 Å². The van der Waals surface area contributed by atoms with Gasteiger partial charge in [0.25, 0.3) is 0 Å². The Bertz CT molecular complexity index is 288. The highest BCUT2D eigenvalue weighted by molar-refractivity contribution is 8.42. The predicted octanol–water partition coefficient (Wildman–Crippen LogP) is 3.41. The van der Waals surface area contributed by atoms with Crippen LogP contribution in [0.4, 0.5) is 0 Å². The van der Waals surface area contributed by atoms with Crippen molar-refractivity contribution in [2.75, 3.05) is 0 Å². The van der Waals surface area contributed by atoms with E-state index in [9.17, 15) is 0 Å². The van der Waals surface area contributed by atoms with E-state index in [2.05, 4.69) is 0 Å². The van der Waals surface area contributed by atoms with Crippen LogP contribution in [0.2, 0.25) is 0 Å². The molecule has 0 heterocycles. The molecule has 0 aromatic heterocycles. The number of halogens is 2. The fourth-order valence-corrected chi connectivity index (χ4v) is 2.26. The second-order valence-corrected chi connectivity index (χ2v) is 10.1. The number of aryl methyl sites for hydroxylation is 1. The molecule has 0 radical (unpaired) electrons. The van der Waals surface area contributed by atoms with Crippen LogP contribution in [0.15, 0.2) is 24.3 Å². The summed E-state index contributed by atoms with van der Waals surface area (Å²) < 4.78 is -2.26.